The Kier molecular flexibility index (Phi) is 6.60. The molecule has 3 rings (SSSR count). The molecule has 2 atom stereocenters. The number of ether oxygens (including phenoxy) is 2. The first-order valence-electron chi connectivity index (χ1n) is 8.88. The van der Waals surface area contributed by atoms with Crippen LogP contribution in [0.3, 0.4) is 0 Å². The van der Waals surface area contributed by atoms with Crippen molar-refractivity contribution in [1.82, 2.24) is 10.2 Å². The summed E-state index contributed by atoms with van der Waals surface area (Å²) in [5, 5.41) is 4.92. The summed E-state index contributed by atoms with van der Waals surface area (Å²) in [6.45, 7) is 1.70. The van der Waals surface area contributed by atoms with E-state index in [1.165, 1.54) is 0 Å². The van der Waals surface area contributed by atoms with Crippen molar-refractivity contribution in [3.8, 4) is 0 Å². The number of nitrogens with zero attached hydrogens (tertiary/aromatic N) is 1. The van der Waals surface area contributed by atoms with Gasteiger partial charge >= 0.3 is 0 Å². The number of carbonyl (C=O) groups excluding carboxylic acids is 2. The minimum atomic E-state index is -0.480. The van der Waals surface area contributed by atoms with Crippen LogP contribution in [0.5, 0.6) is 0 Å². The highest BCUT2D eigenvalue weighted by atomic mass is 32.1. The molecule has 1 aliphatic heterocycles. The van der Waals surface area contributed by atoms with Crippen LogP contribution in [-0.2, 0) is 14.3 Å². The van der Waals surface area contributed by atoms with Crippen molar-refractivity contribution in [3.63, 3.8) is 0 Å². The lowest BCUT2D eigenvalue weighted by Gasteiger charge is -2.41. The maximum Gasteiger partial charge on any atom is 0.254 e. The van der Waals surface area contributed by atoms with Crippen LogP contribution in [0.15, 0.2) is 41.8 Å². The van der Waals surface area contributed by atoms with Crippen molar-refractivity contribution >= 4 is 23.2 Å². The monoisotopic (exact) mass is 388 g/mol. The summed E-state index contributed by atoms with van der Waals surface area (Å²) in [5.74, 6) is -0.652. The van der Waals surface area contributed by atoms with E-state index in [4.69, 9.17) is 9.47 Å². The average Bonchev–Trinajstić information content (AvgIpc) is 3.21. The molecule has 1 aliphatic rings. The first-order chi connectivity index (χ1) is 13.2. The zero-order valence-corrected chi connectivity index (χ0v) is 16.3. The van der Waals surface area contributed by atoms with E-state index in [-0.39, 0.29) is 17.9 Å². The lowest BCUT2D eigenvalue weighted by atomic mass is 9.81. The molecule has 2 amide bonds. The molecule has 0 spiro atoms. The van der Waals surface area contributed by atoms with E-state index in [0.29, 0.717) is 31.9 Å². The van der Waals surface area contributed by atoms with Crippen LogP contribution in [0.25, 0.3) is 0 Å². The van der Waals surface area contributed by atoms with E-state index in [9.17, 15) is 9.59 Å². The predicted molar refractivity (Wildman–Crippen MR) is 104 cm³/mol. The molecule has 0 saturated carbocycles. The number of hydrogen-bond acceptors (Lipinski definition) is 5. The molecule has 7 heteroatoms. The van der Waals surface area contributed by atoms with Gasteiger partial charge in [-0.15, -0.1) is 11.3 Å². The van der Waals surface area contributed by atoms with Crippen LogP contribution in [0.4, 0.5) is 0 Å². The Labute approximate surface area is 163 Å². The fourth-order valence-corrected chi connectivity index (χ4v) is 4.35. The van der Waals surface area contributed by atoms with Crippen LogP contribution in [0, 0.1) is 0 Å². The molecule has 0 fully saturated rings. The van der Waals surface area contributed by atoms with Gasteiger partial charge in [0.2, 0.25) is 5.91 Å². The third-order valence-corrected chi connectivity index (χ3v) is 5.64. The van der Waals surface area contributed by atoms with Gasteiger partial charge in [0, 0.05) is 37.7 Å². The number of methoxy groups -OCH3 is 2. The van der Waals surface area contributed by atoms with Crippen LogP contribution in [-0.4, -0.2) is 57.2 Å². The number of rotatable bonds is 8. The van der Waals surface area contributed by atoms with Gasteiger partial charge in [-0.1, -0.05) is 24.3 Å². The molecule has 1 N–H and O–H groups in total. The van der Waals surface area contributed by atoms with Crippen LogP contribution in [0.1, 0.15) is 32.8 Å². The number of fused-ring (bicyclic) bond motifs is 1. The van der Waals surface area contributed by atoms with Gasteiger partial charge in [-0.05, 0) is 23.1 Å². The van der Waals surface area contributed by atoms with E-state index in [1.807, 2.05) is 35.7 Å². The summed E-state index contributed by atoms with van der Waals surface area (Å²) in [6, 6.07) is 10.9. The normalized spacial score (nSPS) is 19.0. The number of amides is 2. The zero-order chi connectivity index (χ0) is 19.2. The van der Waals surface area contributed by atoms with Gasteiger partial charge in [0.1, 0.15) is 0 Å². The van der Waals surface area contributed by atoms with E-state index >= 15 is 0 Å². The second kappa shape index (κ2) is 9.12. The quantitative estimate of drug-likeness (QED) is 0.706. The Morgan fingerprint density at radius 3 is 2.63 bits per heavy atom. The van der Waals surface area contributed by atoms with Crippen LogP contribution >= 0.6 is 11.3 Å². The highest BCUT2D eigenvalue weighted by Gasteiger charge is 2.44. The van der Waals surface area contributed by atoms with Crippen molar-refractivity contribution in [2.24, 2.45) is 0 Å². The summed E-state index contributed by atoms with van der Waals surface area (Å²) in [6.07, 6.45) is 0. The smallest absolute Gasteiger partial charge is 0.254 e. The van der Waals surface area contributed by atoms with Gasteiger partial charge in [-0.2, -0.15) is 0 Å². The molecular weight excluding hydrogens is 364 g/mol. The Hall–Kier alpha value is -2.22. The SMILES string of the molecule is COCCNC(=O)C1c2ccccc2C(=O)N(CCOC)C1c1cccs1. The summed E-state index contributed by atoms with van der Waals surface area (Å²) in [4.78, 5) is 29.1. The molecule has 1 aromatic heterocycles. The Balaban J connectivity index is 2.05. The molecule has 0 aliphatic carbocycles. The summed E-state index contributed by atoms with van der Waals surface area (Å²) in [5.41, 5.74) is 1.35. The first-order valence-corrected chi connectivity index (χ1v) is 9.76. The molecule has 0 saturated heterocycles. The van der Waals surface area contributed by atoms with E-state index in [1.54, 1.807) is 36.5 Å². The van der Waals surface area contributed by atoms with Crippen molar-refractivity contribution in [1.29, 1.82) is 0 Å². The molecule has 6 nitrogen and oxygen atoms in total. The maximum atomic E-state index is 13.2. The number of thiophene rings is 1. The Morgan fingerprint density at radius 2 is 1.93 bits per heavy atom. The fourth-order valence-electron chi connectivity index (χ4n) is 3.47. The Morgan fingerprint density at radius 1 is 1.15 bits per heavy atom. The van der Waals surface area contributed by atoms with Crippen molar-refractivity contribution < 1.29 is 19.1 Å². The van der Waals surface area contributed by atoms with Gasteiger partial charge in [0.25, 0.3) is 5.91 Å². The zero-order valence-electron chi connectivity index (χ0n) is 15.5. The molecule has 0 radical (unpaired) electrons. The van der Waals surface area contributed by atoms with Crippen molar-refractivity contribution in [2.75, 3.05) is 40.5 Å². The molecule has 144 valence electrons. The van der Waals surface area contributed by atoms with Crippen LogP contribution < -0.4 is 5.32 Å². The molecule has 2 heterocycles. The van der Waals surface area contributed by atoms with Gasteiger partial charge < -0.3 is 19.7 Å². The van der Waals surface area contributed by atoms with Crippen LogP contribution in [0.2, 0.25) is 0 Å². The molecule has 2 aromatic rings. The molecule has 27 heavy (non-hydrogen) atoms. The Bertz CT molecular complexity index is 778. The van der Waals surface area contributed by atoms with E-state index in [2.05, 4.69) is 5.32 Å². The summed E-state index contributed by atoms with van der Waals surface area (Å²) >= 11 is 1.55. The van der Waals surface area contributed by atoms with Crippen molar-refractivity contribution in [3.05, 3.63) is 57.8 Å². The lowest BCUT2D eigenvalue weighted by molar-refractivity contribution is -0.124. The predicted octanol–water partition coefficient (Wildman–Crippen LogP) is 2.44. The minimum absolute atomic E-state index is 0.0676. The molecule has 2 unspecified atom stereocenters. The lowest BCUT2D eigenvalue weighted by Crippen LogP contribution is -2.48. The first kappa shape index (κ1) is 19.5. The minimum Gasteiger partial charge on any atom is -0.383 e. The summed E-state index contributed by atoms with van der Waals surface area (Å²) < 4.78 is 10.3. The van der Waals surface area contributed by atoms with Gasteiger partial charge in [0.05, 0.1) is 25.2 Å². The fraction of sp³-hybridized carbons (Fsp3) is 0.400. The molecule has 0 bridgehead atoms. The molecule has 1 aromatic carbocycles. The summed E-state index contributed by atoms with van der Waals surface area (Å²) in [7, 11) is 3.21. The number of hydrogen-bond donors (Lipinski definition) is 1. The van der Waals surface area contributed by atoms with Gasteiger partial charge in [-0.3, -0.25) is 9.59 Å². The standard InChI is InChI=1S/C20H24N2O4S/c1-25-11-9-21-19(23)17-14-6-3-4-7-15(14)20(24)22(10-12-26-2)18(17)16-8-5-13-27-16/h3-8,13,17-18H,9-12H2,1-2H3,(H,21,23). The maximum absolute atomic E-state index is 13.2. The molecular formula is C20H24N2O4S. The highest BCUT2D eigenvalue weighted by molar-refractivity contribution is 7.10. The van der Waals surface area contributed by atoms with E-state index in [0.717, 1.165) is 10.4 Å². The van der Waals surface area contributed by atoms with E-state index < -0.39 is 5.92 Å². The number of carbonyl (C=O) groups is 2. The van der Waals surface area contributed by atoms with Gasteiger partial charge in [0.15, 0.2) is 0 Å². The number of benzene rings is 1. The number of nitrogens with one attached hydrogen (secondary N) is 1. The third-order valence-electron chi connectivity index (χ3n) is 4.70. The topological polar surface area (TPSA) is 67.9 Å². The average molecular weight is 388 g/mol. The third kappa shape index (κ3) is 4.05. The largest absolute Gasteiger partial charge is 0.383 e. The van der Waals surface area contributed by atoms with Gasteiger partial charge in [-0.25, -0.2) is 0 Å². The van der Waals surface area contributed by atoms with Crippen molar-refractivity contribution in [2.45, 2.75) is 12.0 Å². The second-order valence-electron chi connectivity index (χ2n) is 6.30. The second-order valence-corrected chi connectivity index (χ2v) is 7.28. The highest BCUT2D eigenvalue weighted by Crippen LogP contribution is 2.44.